The van der Waals surface area contributed by atoms with Gasteiger partial charge in [-0.2, -0.15) is 0 Å². The van der Waals surface area contributed by atoms with Gasteiger partial charge in [-0.1, -0.05) is 0 Å². The molecule has 0 spiro atoms. The number of nitro groups is 1. The maximum atomic E-state index is 11.1. The summed E-state index contributed by atoms with van der Waals surface area (Å²) in [5.74, 6) is 0.531. The van der Waals surface area contributed by atoms with E-state index in [1.165, 1.54) is 6.42 Å². The van der Waals surface area contributed by atoms with Crippen molar-refractivity contribution in [3.05, 3.63) is 28.4 Å². The van der Waals surface area contributed by atoms with Gasteiger partial charge in [-0.05, 0) is 38.3 Å². The number of hydrogen-bond acceptors (Lipinski definition) is 5. The molecule has 0 bridgehead atoms. The Balaban J connectivity index is 1.90. The molecule has 19 heavy (non-hydrogen) atoms. The SMILES string of the molecule is O=[N+]([O-])c1cccnc1N1CCCC1C1CCCN1. The zero-order valence-electron chi connectivity index (χ0n) is 10.8. The van der Waals surface area contributed by atoms with Crippen molar-refractivity contribution in [2.24, 2.45) is 0 Å². The summed E-state index contributed by atoms with van der Waals surface area (Å²) in [5, 5.41) is 14.6. The summed E-state index contributed by atoms with van der Waals surface area (Å²) in [6.07, 6.45) is 6.16. The molecule has 3 heterocycles. The second-order valence-corrected chi connectivity index (χ2v) is 5.21. The number of hydrogen-bond donors (Lipinski definition) is 1. The fourth-order valence-corrected chi connectivity index (χ4v) is 3.27. The Morgan fingerprint density at radius 1 is 1.42 bits per heavy atom. The molecule has 6 heteroatoms. The lowest BCUT2D eigenvalue weighted by Gasteiger charge is -2.30. The number of pyridine rings is 1. The molecular formula is C13H18N4O2. The minimum atomic E-state index is -0.334. The van der Waals surface area contributed by atoms with Crippen molar-refractivity contribution in [2.75, 3.05) is 18.0 Å². The lowest BCUT2D eigenvalue weighted by atomic mass is 10.0. The van der Waals surface area contributed by atoms with Crippen LogP contribution in [0.1, 0.15) is 25.7 Å². The standard InChI is InChI=1S/C13H18N4O2/c18-17(19)12-5-2-8-15-13(12)16-9-3-6-11(16)10-4-1-7-14-10/h2,5,8,10-11,14H,1,3-4,6-7,9H2. The van der Waals surface area contributed by atoms with Crippen LogP contribution in [-0.2, 0) is 0 Å². The summed E-state index contributed by atoms with van der Waals surface area (Å²) in [4.78, 5) is 17.2. The summed E-state index contributed by atoms with van der Waals surface area (Å²) in [6, 6.07) is 3.96. The molecule has 0 aliphatic carbocycles. The van der Waals surface area contributed by atoms with Gasteiger partial charge in [0.25, 0.3) is 0 Å². The number of nitrogens with one attached hydrogen (secondary N) is 1. The Kier molecular flexibility index (Phi) is 3.33. The first-order valence-corrected chi connectivity index (χ1v) is 6.87. The van der Waals surface area contributed by atoms with Gasteiger partial charge < -0.3 is 10.2 Å². The van der Waals surface area contributed by atoms with E-state index in [0.717, 1.165) is 32.4 Å². The zero-order valence-corrected chi connectivity index (χ0v) is 10.8. The average molecular weight is 262 g/mol. The largest absolute Gasteiger partial charge is 0.346 e. The fraction of sp³-hybridized carbons (Fsp3) is 0.615. The van der Waals surface area contributed by atoms with Crippen molar-refractivity contribution >= 4 is 11.5 Å². The zero-order chi connectivity index (χ0) is 13.2. The molecule has 1 aromatic heterocycles. The Bertz CT molecular complexity index is 473. The first-order valence-electron chi connectivity index (χ1n) is 6.87. The second-order valence-electron chi connectivity index (χ2n) is 5.21. The van der Waals surface area contributed by atoms with Crippen molar-refractivity contribution in [3.63, 3.8) is 0 Å². The molecule has 3 rings (SSSR count). The van der Waals surface area contributed by atoms with E-state index in [0.29, 0.717) is 17.9 Å². The summed E-state index contributed by atoms with van der Waals surface area (Å²) in [5.41, 5.74) is 0.118. The van der Waals surface area contributed by atoms with Gasteiger partial charge in [0.05, 0.1) is 4.92 Å². The van der Waals surface area contributed by atoms with Crippen molar-refractivity contribution in [1.29, 1.82) is 0 Å². The van der Waals surface area contributed by atoms with E-state index in [-0.39, 0.29) is 10.6 Å². The van der Waals surface area contributed by atoms with Crippen LogP contribution in [0.4, 0.5) is 11.5 Å². The van der Waals surface area contributed by atoms with Crippen LogP contribution in [0.5, 0.6) is 0 Å². The Hall–Kier alpha value is -1.69. The lowest BCUT2D eigenvalue weighted by Crippen LogP contribution is -2.44. The third kappa shape index (κ3) is 2.28. The molecule has 1 aromatic rings. The summed E-state index contributed by atoms with van der Waals surface area (Å²) < 4.78 is 0. The maximum absolute atomic E-state index is 11.1. The first kappa shape index (κ1) is 12.3. The maximum Gasteiger partial charge on any atom is 0.311 e. The van der Waals surface area contributed by atoms with Crippen molar-refractivity contribution in [2.45, 2.75) is 37.8 Å². The molecule has 2 aliphatic rings. The molecule has 2 atom stereocenters. The van der Waals surface area contributed by atoms with E-state index in [1.54, 1.807) is 18.3 Å². The van der Waals surface area contributed by atoms with Gasteiger partial charge in [0.15, 0.2) is 0 Å². The number of aromatic nitrogens is 1. The van der Waals surface area contributed by atoms with Crippen LogP contribution in [-0.4, -0.2) is 35.1 Å². The van der Waals surface area contributed by atoms with E-state index in [2.05, 4.69) is 15.2 Å². The Morgan fingerprint density at radius 3 is 3.05 bits per heavy atom. The lowest BCUT2D eigenvalue weighted by molar-refractivity contribution is -0.384. The smallest absolute Gasteiger partial charge is 0.311 e. The summed E-state index contributed by atoms with van der Waals surface area (Å²) in [7, 11) is 0. The Labute approximate surface area is 112 Å². The molecule has 0 aromatic carbocycles. The molecular weight excluding hydrogens is 244 g/mol. The third-order valence-electron chi connectivity index (χ3n) is 4.10. The van der Waals surface area contributed by atoms with Crippen LogP contribution < -0.4 is 10.2 Å². The summed E-state index contributed by atoms with van der Waals surface area (Å²) in [6.45, 7) is 1.92. The molecule has 102 valence electrons. The highest BCUT2D eigenvalue weighted by molar-refractivity contribution is 5.58. The van der Waals surface area contributed by atoms with Crippen molar-refractivity contribution in [3.8, 4) is 0 Å². The normalized spacial score (nSPS) is 26.8. The van der Waals surface area contributed by atoms with E-state index >= 15 is 0 Å². The van der Waals surface area contributed by atoms with E-state index in [4.69, 9.17) is 0 Å². The second kappa shape index (κ2) is 5.13. The Morgan fingerprint density at radius 2 is 2.32 bits per heavy atom. The molecule has 2 saturated heterocycles. The van der Waals surface area contributed by atoms with Gasteiger partial charge in [0.1, 0.15) is 0 Å². The minimum Gasteiger partial charge on any atom is -0.346 e. The van der Waals surface area contributed by atoms with Gasteiger partial charge >= 0.3 is 5.69 Å². The van der Waals surface area contributed by atoms with Gasteiger partial charge in [0.2, 0.25) is 5.82 Å². The highest BCUT2D eigenvalue weighted by Gasteiger charge is 2.36. The van der Waals surface area contributed by atoms with Gasteiger partial charge in [-0.25, -0.2) is 4.98 Å². The van der Waals surface area contributed by atoms with Crippen LogP contribution in [0.15, 0.2) is 18.3 Å². The third-order valence-corrected chi connectivity index (χ3v) is 4.10. The molecule has 0 saturated carbocycles. The molecule has 2 fully saturated rings. The van der Waals surface area contributed by atoms with Crippen LogP contribution >= 0.6 is 0 Å². The number of rotatable bonds is 3. The average Bonchev–Trinajstić information content (AvgIpc) is 3.09. The monoisotopic (exact) mass is 262 g/mol. The van der Waals surface area contributed by atoms with Gasteiger partial charge in [-0.15, -0.1) is 0 Å². The highest BCUT2D eigenvalue weighted by Crippen LogP contribution is 2.33. The van der Waals surface area contributed by atoms with Crippen LogP contribution in [0, 0.1) is 10.1 Å². The van der Waals surface area contributed by atoms with Crippen LogP contribution in [0.25, 0.3) is 0 Å². The predicted molar refractivity (Wildman–Crippen MR) is 72.3 cm³/mol. The van der Waals surface area contributed by atoms with Crippen LogP contribution in [0.3, 0.4) is 0 Å². The van der Waals surface area contributed by atoms with E-state index in [1.807, 2.05) is 0 Å². The fourth-order valence-electron chi connectivity index (χ4n) is 3.27. The molecule has 6 nitrogen and oxygen atoms in total. The highest BCUT2D eigenvalue weighted by atomic mass is 16.6. The van der Waals surface area contributed by atoms with Crippen molar-refractivity contribution < 1.29 is 4.92 Å². The first-order chi connectivity index (χ1) is 9.27. The number of nitrogens with zero attached hydrogens (tertiary/aromatic N) is 3. The summed E-state index contributed by atoms with van der Waals surface area (Å²) >= 11 is 0. The van der Waals surface area contributed by atoms with E-state index in [9.17, 15) is 10.1 Å². The quantitative estimate of drug-likeness (QED) is 0.663. The molecule has 0 amide bonds. The number of anilines is 1. The van der Waals surface area contributed by atoms with Crippen molar-refractivity contribution in [1.82, 2.24) is 10.3 Å². The van der Waals surface area contributed by atoms with Gasteiger partial charge in [0, 0.05) is 30.9 Å². The predicted octanol–water partition coefficient (Wildman–Crippen LogP) is 1.71. The van der Waals surface area contributed by atoms with Crippen LogP contribution in [0.2, 0.25) is 0 Å². The van der Waals surface area contributed by atoms with Gasteiger partial charge in [-0.3, -0.25) is 10.1 Å². The molecule has 0 radical (unpaired) electrons. The topological polar surface area (TPSA) is 71.3 Å². The molecule has 2 aliphatic heterocycles. The molecule has 2 unspecified atom stereocenters. The minimum absolute atomic E-state index is 0.118. The van der Waals surface area contributed by atoms with E-state index < -0.39 is 0 Å². The molecule has 1 N–H and O–H groups in total.